The monoisotopic (exact) mass is 123 g/mol. The Kier molecular flexibility index (Phi) is 1.39. The fourth-order valence-corrected chi connectivity index (χ4v) is 1.03. The van der Waals surface area contributed by atoms with Gasteiger partial charge in [0, 0.05) is 0 Å². The van der Waals surface area contributed by atoms with E-state index in [0.717, 1.165) is 12.8 Å². The van der Waals surface area contributed by atoms with Crippen molar-refractivity contribution in [3.8, 4) is 0 Å². The van der Waals surface area contributed by atoms with Crippen molar-refractivity contribution < 1.29 is 4.79 Å². The Morgan fingerprint density at radius 2 is 2.00 bits per heavy atom. The standard InChI is InChI=1S/C6H10BNO/c1-8(2)6(3-4-6)5(7)9/h3-4H2,1-2H3. The normalized spacial score (nSPS) is 22.1. The number of carbonyl (C=O) groups is 1. The summed E-state index contributed by atoms with van der Waals surface area (Å²) >= 11 is 0. The number of hydrogen-bond acceptors (Lipinski definition) is 2. The molecule has 9 heavy (non-hydrogen) atoms. The molecule has 0 bridgehead atoms. The van der Waals surface area contributed by atoms with Crippen LogP contribution in [0.15, 0.2) is 0 Å². The first-order valence-electron chi connectivity index (χ1n) is 3.07. The molecule has 1 aliphatic rings. The molecule has 2 radical (unpaired) electrons. The predicted octanol–water partition coefficient (Wildman–Crippen LogP) is -0.224. The van der Waals surface area contributed by atoms with E-state index in [-0.39, 0.29) is 11.2 Å². The van der Waals surface area contributed by atoms with Gasteiger partial charge in [-0.15, -0.1) is 0 Å². The minimum atomic E-state index is -0.278. The van der Waals surface area contributed by atoms with Crippen LogP contribution in [0.2, 0.25) is 0 Å². The van der Waals surface area contributed by atoms with Crippen LogP contribution in [0, 0.1) is 0 Å². The van der Waals surface area contributed by atoms with E-state index in [1.165, 1.54) is 0 Å². The zero-order chi connectivity index (χ0) is 7.07. The number of nitrogens with zero attached hydrogens (tertiary/aromatic N) is 1. The van der Waals surface area contributed by atoms with E-state index >= 15 is 0 Å². The zero-order valence-corrected chi connectivity index (χ0v) is 5.85. The highest BCUT2D eigenvalue weighted by Gasteiger charge is 2.48. The summed E-state index contributed by atoms with van der Waals surface area (Å²) in [5.74, 6) is 0. The highest BCUT2D eigenvalue weighted by molar-refractivity contribution is 6.60. The second-order valence-electron chi connectivity index (χ2n) is 2.79. The van der Waals surface area contributed by atoms with Crippen molar-refractivity contribution in [3.05, 3.63) is 0 Å². The molecule has 0 saturated heterocycles. The lowest BCUT2D eigenvalue weighted by Crippen LogP contribution is -2.38. The van der Waals surface area contributed by atoms with Crippen LogP contribution in [-0.4, -0.2) is 38.1 Å². The summed E-state index contributed by atoms with van der Waals surface area (Å²) in [4.78, 5) is 12.6. The van der Waals surface area contributed by atoms with Gasteiger partial charge in [-0.05, 0) is 26.9 Å². The molecule has 0 aromatic heterocycles. The molecule has 1 rings (SSSR count). The fourth-order valence-electron chi connectivity index (χ4n) is 1.03. The van der Waals surface area contributed by atoms with Crippen molar-refractivity contribution in [2.75, 3.05) is 14.1 Å². The summed E-state index contributed by atoms with van der Waals surface area (Å²) in [6, 6.07) is 0. The Morgan fingerprint density at radius 1 is 1.56 bits per heavy atom. The molecule has 0 atom stereocenters. The summed E-state index contributed by atoms with van der Waals surface area (Å²) in [6.07, 6.45) is 1.85. The van der Waals surface area contributed by atoms with Crippen molar-refractivity contribution in [1.82, 2.24) is 4.90 Å². The SMILES string of the molecule is [B]C(=O)C1(N(C)C)CC1. The van der Waals surface area contributed by atoms with Gasteiger partial charge in [0.05, 0.1) is 11.2 Å². The average Bonchev–Trinajstić information content (AvgIpc) is 2.40. The molecule has 0 N–H and O–H groups in total. The van der Waals surface area contributed by atoms with E-state index in [2.05, 4.69) is 0 Å². The summed E-state index contributed by atoms with van der Waals surface area (Å²) in [6.45, 7) is 0. The van der Waals surface area contributed by atoms with Gasteiger partial charge in [-0.1, -0.05) is 0 Å². The van der Waals surface area contributed by atoms with Crippen LogP contribution < -0.4 is 0 Å². The second kappa shape index (κ2) is 1.84. The lowest BCUT2D eigenvalue weighted by atomic mass is 9.92. The van der Waals surface area contributed by atoms with E-state index in [1.54, 1.807) is 0 Å². The molecule has 0 aromatic rings. The summed E-state index contributed by atoms with van der Waals surface area (Å²) in [5, 5.41) is 0. The first kappa shape index (κ1) is 6.81. The maximum atomic E-state index is 10.7. The fraction of sp³-hybridized carbons (Fsp3) is 0.833. The Bertz CT molecular complexity index is 140. The molecule has 0 aliphatic heterocycles. The highest BCUT2D eigenvalue weighted by Crippen LogP contribution is 2.39. The summed E-state index contributed by atoms with van der Waals surface area (Å²) in [5.41, 5.74) is -0.465. The predicted molar refractivity (Wildman–Crippen MR) is 36.4 cm³/mol. The maximum Gasteiger partial charge on any atom is 0.170 e. The molecule has 1 fully saturated rings. The Balaban J connectivity index is 2.63. The third-order valence-electron chi connectivity index (χ3n) is 2.04. The first-order valence-corrected chi connectivity index (χ1v) is 3.07. The van der Waals surface area contributed by atoms with Gasteiger partial charge in [-0.3, -0.25) is 4.90 Å². The van der Waals surface area contributed by atoms with E-state index in [0.29, 0.717) is 0 Å². The Morgan fingerprint density at radius 3 is 2.00 bits per heavy atom. The van der Waals surface area contributed by atoms with Crippen molar-refractivity contribution in [3.63, 3.8) is 0 Å². The van der Waals surface area contributed by atoms with Gasteiger partial charge in [0.25, 0.3) is 0 Å². The Labute approximate surface area is 56.6 Å². The maximum absolute atomic E-state index is 10.7. The van der Waals surface area contributed by atoms with Crippen LogP contribution in [0.25, 0.3) is 0 Å². The lowest BCUT2D eigenvalue weighted by molar-refractivity contribution is -0.116. The molecule has 0 aromatic carbocycles. The van der Waals surface area contributed by atoms with Crippen LogP contribution in [0.1, 0.15) is 12.8 Å². The molecule has 0 spiro atoms. The van der Waals surface area contributed by atoms with Gasteiger partial charge >= 0.3 is 0 Å². The summed E-state index contributed by atoms with van der Waals surface area (Å²) < 4.78 is 0. The van der Waals surface area contributed by atoms with Crippen LogP contribution in [0.3, 0.4) is 0 Å². The molecule has 0 heterocycles. The molecule has 0 amide bonds. The van der Waals surface area contributed by atoms with Crippen molar-refractivity contribution in [1.29, 1.82) is 0 Å². The quantitative estimate of drug-likeness (QED) is 0.473. The van der Waals surface area contributed by atoms with E-state index in [9.17, 15) is 4.79 Å². The Hall–Kier alpha value is -0.305. The average molecular weight is 123 g/mol. The third kappa shape index (κ3) is 0.895. The van der Waals surface area contributed by atoms with Gasteiger partial charge in [0.15, 0.2) is 7.85 Å². The van der Waals surface area contributed by atoms with Gasteiger partial charge in [-0.2, -0.15) is 0 Å². The molecule has 1 saturated carbocycles. The highest BCUT2D eigenvalue weighted by atomic mass is 16.1. The van der Waals surface area contributed by atoms with Crippen LogP contribution in [0.5, 0.6) is 0 Å². The molecule has 3 heteroatoms. The van der Waals surface area contributed by atoms with Crippen molar-refractivity contribution in [2.45, 2.75) is 18.4 Å². The molecular weight excluding hydrogens is 113 g/mol. The van der Waals surface area contributed by atoms with Crippen LogP contribution in [0.4, 0.5) is 0 Å². The molecule has 48 valence electrons. The first-order chi connectivity index (χ1) is 4.09. The van der Waals surface area contributed by atoms with Gasteiger partial charge in [-0.25, -0.2) is 0 Å². The van der Waals surface area contributed by atoms with Gasteiger partial charge in [0.2, 0.25) is 0 Å². The second-order valence-corrected chi connectivity index (χ2v) is 2.79. The summed E-state index contributed by atoms with van der Waals surface area (Å²) in [7, 11) is 8.93. The van der Waals surface area contributed by atoms with Gasteiger partial charge in [0.1, 0.15) is 0 Å². The number of likely N-dealkylation sites (N-methyl/N-ethyl adjacent to an activating group) is 1. The topological polar surface area (TPSA) is 20.3 Å². The van der Waals surface area contributed by atoms with E-state index < -0.39 is 0 Å². The molecule has 2 nitrogen and oxygen atoms in total. The van der Waals surface area contributed by atoms with Crippen molar-refractivity contribution >= 4 is 13.5 Å². The van der Waals surface area contributed by atoms with Crippen LogP contribution in [-0.2, 0) is 4.79 Å². The van der Waals surface area contributed by atoms with E-state index in [4.69, 9.17) is 7.85 Å². The minimum absolute atomic E-state index is 0.187. The number of rotatable bonds is 2. The molecular formula is C6H10BNO. The third-order valence-corrected chi connectivity index (χ3v) is 2.04. The minimum Gasteiger partial charge on any atom is -0.311 e. The molecule has 0 unspecified atom stereocenters. The lowest BCUT2D eigenvalue weighted by Gasteiger charge is -2.20. The largest absolute Gasteiger partial charge is 0.311 e. The molecule has 1 aliphatic carbocycles. The van der Waals surface area contributed by atoms with Gasteiger partial charge < -0.3 is 4.79 Å². The smallest absolute Gasteiger partial charge is 0.170 e. The van der Waals surface area contributed by atoms with Crippen molar-refractivity contribution in [2.24, 2.45) is 0 Å². The number of hydrogen-bond donors (Lipinski definition) is 0. The number of carbonyl (C=O) groups excluding carboxylic acids is 1. The van der Waals surface area contributed by atoms with Crippen LogP contribution >= 0.6 is 0 Å². The van der Waals surface area contributed by atoms with E-state index in [1.807, 2.05) is 19.0 Å². The zero-order valence-electron chi connectivity index (χ0n) is 5.85.